The van der Waals surface area contributed by atoms with Crippen LogP contribution in [0.1, 0.15) is 24.1 Å². The molecule has 1 aliphatic rings. The first-order valence-corrected chi connectivity index (χ1v) is 12.9. The van der Waals surface area contributed by atoms with Crippen molar-refractivity contribution >= 4 is 57.6 Å². The number of methoxy groups -OCH3 is 1. The summed E-state index contributed by atoms with van der Waals surface area (Å²) in [5, 5.41) is 10.8. The number of phenolic OH excluding ortho intramolecular Hbond substituents is 1. The second-order valence-electron chi connectivity index (χ2n) is 7.66. The first-order chi connectivity index (χ1) is 17.5. The van der Waals surface area contributed by atoms with Crippen LogP contribution in [0.2, 0.25) is 5.02 Å². The van der Waals surface area contributed by atoms with E-state index < -0.39 is 35.0 Å². The van der Waals surface area contributed by atoms with Crippen molar-refractivity contribution in [3.05, 3.63) is 87.1 Å². The number of rotatable bonds is 5. The van der Waals surface area contributed by atoms with E-state index in [0.29, 0.717) is 19.9 Å². The average molecular weight is 665 g/mol. The number of halogens is 5. The molecule has 37 heavy (non-hydrogen) atoms. The summed E-state index contributed by atoms with van der Waals surface area (Å²) in [5.74, 6) is -1.33. The average Bonchev–Trinajstić information content (AvgIpc) is 3.15. The highest BCUT2D eigenvalue weighted by Gasteiger charge is 2.45. The molecular formula is C24H17ClF3IN2O5S. The third kappa shape index (κ3) is 5.27. The van der Waals surface area contributed by atoms with E-state index in [1.54, 1.807) is 12.1 Å². The number of phenols is 1. The molecule has 1 N–H and O–H groups in total. The van der Waals surface area contributed by atoms with Crippen LogP contribution >= 0.6 is 45.5 Å². The molecule has 1 aliphatic heterocycles. The number of fused-ring (bicyclic) bond motifs is 1. The fourth-order valence-corrected chi connectivity index (χ4v) is 5.54. The highest BCUT2D eigenvalue weighted by molar-refractivity contribution is 14.1. The summed E-state index contributed by atoms with van der Waals surface area (Å²) >= 11 is 8.66. The standard InChI is InChI=1S/C24H17ClF3IN2O5S/c1-3-36-22(34)17-18(11-4-6-13(25)7-5-11)31-21(33)16(37-23(31)30-20(17)24(26,27)28)9-12-8-14(29)10-15(35-2)19(12)32/h4-10,18,32H,3H2,1-2H3/b16-9-/t18-/m1/s1. The third-order valence-electron chi connectivity index (χ3n) is 5.36. The molecule has 13 heteroatoms. The summed E-state index contributed by atoms with van der Waals surface area (Å²) in [7, 11) is 1.37. The van der Waals surface area contributed by atoms with Crippen molar-refractivity contribution in [3.8, 4) is 11.5 Å². The van der Waals surface area contributed by atoms with Crippen molar-refractivity contribution in [3.63, 3.8) is 0 Å². The zero-order valence-electron chi connectivity index (χ0n) is 19.1. The number of benzene rings is 2. The number of aromatic hydroxyl groups is 1. The maximum absolute atomic E-state index is 14.2. The van der Waals surface area contributed by atoms with Crippen molar-refractivity contribution < 1.29 is 32.5 Å². The lowest BCUT2D eigenvalue weighted by Crippen LogP contribution is -2.41. The minimum atomic E-state index is -5.01. The largest absolute Gasteiger partial charge is 0.504 e. The highest BCUT2D eigenvalue weighted by atomic mass is 127. The van der Waals surface area contributed by atoms with E-state index in [9.17, 15) is 27.9 Å². The Morgan fingerprint density at radius 3 is 2.57 bits per heavy atom. The molecule has 0 saturated heterocycles. The molecule has 7 nitrogen and oxygen atoms in total. The second-order valence-corrected chi connectivity index (χ2v) is 10.4. The molecule has 0 amide bonds. The lowest BCUT2D eigenvalue weighted by Gasteiger charge is -2.26. The molecule has 0 spiro atoms. The molecule has 0 unspecified atom stereocenters. The normalized spacial score (nSPS) is 15.9. The molecule has 1 atom stereocenters. The van der Waals surface area contributed by atoms with Gasteiger partial charge in [0.1, 0.15) is 0 Å². The zero-order chi connectivity index (χ0) is 27.1. The van der Waals surface area contributed by atoms with Gasteiger partial charge in [-0.15, -0.1) is 0 Å². The van der Waals surface area contributed by atoms with Gasteiger partial charge in [0.15, 0.2) is 22.0 Å². The Hall–Kier alpha value is -2.84. The molecule has 0 saturated carbocycles. The summed E-state index contributed by atoms with van der Waals surface area (Å²) in [4.78, 5) is 29.9. The molecule has 0 bridgehead atoms. The third-order valence-corrected chi connectivity index (χ3v) is 7.21. The van der Waals surface area contributed by atoms with Crippen molar-refractivity contribution in [1.82, 2.24) is 4.57 Å². The molecule has 0 radical (unpaired) electrons. The summed E-state index contributed by atoms with van der Waals surface area (Å²) in [5.41, 5.74) is -2.54. The summed E-state index contributed by atoms with van der Waals surface area (Å²) < 4.78 is 54.3. The number of hydrogen-bond acceptors (Lipinski definition) is 7. The van der Waals surface area contributed by atoms with Gasteiger partial charge in [0.25, 0.3) is 5.56 Å². The molecule has 2 aromatic carbocycles. The van der Waals surface area contributed by atoms with Crippen LogP contribution in [0, 0.1) is 3.57 Å². The number of aromatic nitrogens is 1. The van der Waals surface area contributed by atoms with Gasteiger partial charge in [-0.1, -0.05) is 35.1 Å². The first kappa shape index (κ1) is 27.2. The van der Waals surface area contributed by atoms with E-state index in [2.05, 4.69) is 4.99 Å². The lowest BCUT2D eigenvalue weighted by molar-refractivity contribution is -0.140. The Labute approximate surface area is 230 Å². The summed E-state index contributed by atoms with van der Waals surface area (Å²) in [6.07, 6.45) is -3.67. The molecule has 0 fully saturated rings. The predicted molar refractivity (Wildman–Crippen MR) is 140 cm³/mol. The Morgan fingerprint density at radius 2 is 1.97 bits per heavy atom. The van der Waals surface area contributed by atoms with Crippen molar-refractivity contribution in [2.24, 2.45) is 4.99 Å². The monoisotopic (exact) mass is 664 g/mol. The second kappa shape index (κ2) is 10.5. The van der Waals surface area contributed by atoms with Crippen LogP contribution in [0.25, 0.3) is 6.08 Å². The van der Waals surface area contributed by atoms with Gasteiger partial charge in [-0.2, -0.15) is 13.2 Å². The van der Waals surface area contributed by atoms with E-state index >= 15 is 0 Å². The molecular weight excluding hydrogens is 648 g/mol. The molecule has 194 valence electrons. The van der Waals surface area contributed by atoms with Gasteiger partial charge in [0.2, 0.25) is 0 Å². The van der Waals surface area contributed by atoms with Gasteiger partial charge in [-0.05, 0) is 65.4 Å². The van der Waals surface area contributed by atoms with Crippen LogP contribution in [-0.2, 0) is 9.53 Å². The van der Waals surface area contributed by atoms with Crippen molar-refractivity contribution in [2.75, 3.05) is 13.7 Å². The van der Waals surface area contributed by atoms with E-state index in [-0.39, 0.29) is 38.6 Å². The van der Waals surface area contributed by atoms with E-state index in [0.717, 1.165) is 4.57 Å². The lowest BCUT2D eigenvalue weighted by atomic mass is 9.95. The number of hydrogen-bond donors (Lipinski definition) is 1. The number of thiazole rings is 1. The van der Waals surface area contributed by atoms with Crippen molar-refractivity contribution in [2.45, 2.75) is 19.1 Å². The number of allylic oxidation sites excluding steroid dienone is 1. The number of carbonyl (C=O) groups excluding carboxylic acids is 1. The molecule has 1 aromatic heterocycles. The fourth-order valence-electron chi connectivity index (χ4n) is 3.80. The zero-order valence-corrected chi connectivity index (χ0v) is 22.8. The van der Waals surface area contributed by atoms with Gasteiger partial charge in [-0.3, -0.25) is 9.36 Å². The summed E-state index contributed by atoms with van der Waals surface area (Å²) in [6, 6.07) is 7.43. The molecule has 4 rings (SSSR count). The number of esters is 1. The van der Waals surface area contributed by atoms with Gasteiger partial charge < -0.3 is 14.6 Å². The van der Waals surface area contributed by atoms with Crippen LogP contribution < -0.4 is 19.6 Å². The Bertz CT molecular complexity index is 1600. The Balaban J connectivity index is 2.06. The predicted octanol–water partition coefficient (Wildman–Crippen LogP) is 4.31. The van der Waals surface area contributed by atoms with Gasteiger partial charge in [0, 0.05) is 14.2 Å². The van der Waals surface area contributed by atoms with E-state index in [1.165, 1.54) is 44.4 Å². The maximum Gasteiger partial charge on any atom is 0.434 e. The number of alkyl halides is 3. The van der Waals surface area contributed by atoms with Crippen molar-refractivity contribution in [1.29, 1.82) is 0 Å². The van der Waals surface area contributed by atoms with Crippen LogP contribution in [0.3, 0.4) is 0 Å². The molecule has 2 heterocycles. The quantitative estimate of drug-likeness (QED) is 0.325. The molecule has 0 aliphatic carbocycles. The summed E-state index contributed by atoms with van der Waals surface area (Å²) in [6.45, 7) is 1.28. The van der Waals surface area contributed by atoms with Gasteiger partial charge >= 0.3 is 12.1 Å². The number of carbonyl (C=O) groups is 1. The maximum atomic E-state index is 14.2. The SMILES string of the molecule is CCOC(=O)C1=C(C(F)(F)F)N=c2s/c(=C\c3cc(I)cc(OC)c3O)c(=O)n2[C@@H]1c1ccc(Cl)cc1. The Morgan fingerprint density at radius 1 is 1.30 bits per heavy atom. The number of ether oxygens (including phenoxy) is 2. The smallest absolute Gasteiger partial charge is 0.434 e. The highest BCUT2D eigenvalue weighted by Crippen LogP contribution is 2.38. The minimum Gasteiger partial charge on any atom is -0.504 e. The minimum absolute atomic E-state index is 0.0105. The Kier molecular flexibility index (Phi) is 7.72. The number of nitrogens with zero attached hydrogens (tertiary/aromatic N) is 2. The van der Waals surface area contributed by atoms with Crippen LogP contribution in [-0.4, -0.2) is 35.5 Å². The van der Waals surface area contributed by atoms with E-state index in [1.807, 2.05) is 22.6 Å². The fraction of sp³-hybridized carbons (Fsp3) is 0.208. The first-order valence-electron chi connectivity index (χ1n) is 10.6. The van der Waals surface area contributed by atoms with E-state index in [4.69, 9.17) is 21.1 Å². The van der Waals surface area contributed by atoms with Crippen LogP contribution in [0.15, 0.2) is 57.5 Å². The van der Waals surface area contributed by atoms with Crippen LogP contribution in [0.5, 0.6) is 11.5 Å². The van der Waals surface area contributed by atoms with Crippen LogP contribution in [0.4, 0.5) is 13.2 Å². The topological polar surface area (TPSA) is 90.1 Å². The van der Waals surface area contributed by atoms with Gasteiger partial charge in [0.05, 0.1) is 29.9 Å². The van der Waals surface area contributed by atoms with Gasteiger partial charge in [-0.25, -0.2) is 9.79 Å². The molecule has 3 aromatic rings.